The van der Waals surface area contributed by atoms with E-state index in [1.165, 1.54) is 0 Å². The van der Waals surface area contributed by atoms with Crippen LogP contribution < -0.4 is 14.2 Å². The predicted octanol–water partition coefficient (Wildman–Crippen LogP) is 3.83. The molecule has 3 aromatic rings. The summed E-state index contributed by atoms with van der Waals surface area (Å²) in [6.07, 6.45) is 6.33. The maximum atomic E-state index is 6.13. The average Bonchev–Trinajstić information content (AvgIpc) is 3.52. The van der Waals surface area contributed by atoms with Crippen LogP contribution in [0, 0.1) is 12.8 Å². The van der Waals surface area contributed by atoms with Crippen LogP contribution in [0.2, 0.25) is 0 Å². The summed E-state index contributed by atoms with van der Waals surface area (Å²) in [4.78, 5) is 17.6. The van der Waals surface area contributed by atoms with Crippen LogP contribution in [0.4, 0.5) is 0 Å². The molecular weight excluding hydrogens is 368 g/mol. The number of methoxy groups -OCH3 is 1. The first-order chi connectivity index (χ1) is 14.2. The summed E-state index contributed by atoms with van der Waals surface area (Å²) >= 11 is 0. The maximum absolute atomic E-state index is 6.13. The fourth-order valence-electron chi connectivity index (χ4n) is 3.27. The second-order valence-corrected chi connectivity index (χ2v) is 6.99. The van der Waals surface area contributed by atoms with Gasteiger partial charge in [-0.1, -0.05) is 0 Å². The Hall–Kier alpha value is -3.22. The van der Waals surface area contributed by atoms with Gasteiger partial charge in [0.15, 0.2) is 0 Å². The van der Waals surface area contributed by atoms with Crippen LogP contribution in [-0.2, 0) is 0 Å². The minimum absolute atomic E-state index is 0.415. The lowest BCUT2D eigenvalue weighted by Crippen LogP contribution is -2.06. The van der Waals surface area contributed by atoms with Crippen molar-refractivity contribution < 1.29 is 14.2 Å². The average molecular weight is 392 g/mol. The molecule has 4 rings (SSSR count). The lowest BCUT2D eigenvalue weighted by molar-refractivity contribution is 0.285. The normalized spacial score (nSPS) is 17.6. The largest absolute Gasteiger partial charge is 0.495 e. The van der Waals surface area contributed by atoms with Crippen molar-refractivity contribution in [1.29, 1.82) is 0 Å². The van der Waals surface area contributed by atoms with Gasteiger partial charge in [-0.3, -0.25) is 4.98 Å². The van der Waals surface area contributed by atoms with E-state index >= 15 is 0 Å². The van der Waals surface area contributed by atoms with Gasteiger partial charge in [0.2, 0.25) is 11.8 Å². The standard InChI is InChI=1S/C22H24N4O3/c1-4-28-21-10-15(7-8-23-21)19-12-24-14(2)26-22(19)29-13-16-9-18(16)20-6-5-17(27-3)11-25-20/h5-8,10-12,16,18H,4,9,13H2,1-3H3. The number of pyridine rings is 2. The highest BCUT2D eigenvalue weighted by Crippen LogP contribution is 2.47. The molecule has 7 nitrogen and oxygen atoms in total. The Morgan fingerprint density at radius 3 is 2.72 bits per heavy atom. The Kier molecular flexibility index (Phi) is 5.55. The second kappa shape index (κ2) is 8.43. The molecule has 0 aliphatic heterocycles. The lowest BCUT2D eigenvalue weighted by Gasteiger charge is -2.12. The zero-order valence-electron chi connectivity index (χ0n) is 16.8. The smallest absolute Gasteiger partial charge is 0.224 e. The minimum atomic E-state index is 0.415. The van der Waals surface area contributed by atoms with Gasteiger partial charge in [-0.2, -0.15) is 4.98 Å². The molecule has 1 saturated carbocycles. The van der Waals surface area contributed by atoms with E-state index in [9.17, 15) is 0 Å². The number of aromatic nitrogens is 4. The minimum Gasteiger partial charge on any atom is -0.495 e. The molecule has 0 N–H and O–H groups in total. The van der Waals surface area contributed by atoms with Gasteiger partial charge in [0.25, 0.3) is 0 Å². The molecule has 3 heterocycles. The Morgan fingerprint density at radius 2 is 1.97 bits per heavy atom. The molecule has 0 bridgehead atoms. The van der Waals surface area contributed by atoms with Crippen molar-refractivity contribution in [1.82, 2.24) is 19.9 Å². The number of rotatable bonds is 8. The first-order valence-corrected chi connectivity index (χ1v) is 9.73. The van der Waals surface area contributed by atoms with E-state index in [4.69, 9.17) is 14.2 Å². The van der Waals surface area contributed by atoms with E-state index in [1.807, 2.05) is 38.1 Å². The summed E-state index contributed by atoms with van der Waals surface area (Å²) in [7, 11) is 1.64. The summed E-state index contributed by atoms with van der Waals surface area (Å²) in [6, 6.07) is 7.76. The van der Waals surface area contributed by atoms with E-state index in [0.717, 1.165) is 29.0 Å². The molecule has 1 aliphatic carbocycles. The van der Waals surface area contributed by atoms with Crippen LogP contribution in [0.5, 0.6) is 17.5 Å². The van der Waals surface area contributed by atoms with Crippen molar-refractivity contribution in [3.8, 4) is 28.6 Å². The Morgan fingerprint density at radius 1 is 1.07 bits per heavy atom. The van der Waals surface area contributed by atoms with Crippen molar-refractivity contribution in [2.24, 2.45) is 5.92 Å². The number of hydrogen-bond donors (Lipinski definition) is 0. The van der Waals surface area contributed by atoms with Gasteiger partial charge >= 0.3 is 0 Å². The summed E-state index contributed by atoms with van der Waals surface area (Å²) in [5.41, 5.74) is 2.83. The monoisotopic (exact) mass is 392 g/mol. The van der Waals surface area contributed by atoms with Crippen molar-refractivity contribution in [3.05, 3.63) is 54.4 Å². The molecule has 0 saturated heterocycles. The number of hydrogen-bond acceptors (Lipinski definition) is 7. The molecule has 1 aliphatic rings. The van der Waals surface area contributed by atoms with E-state index in [1.54, 1.807) is 25.7 Å². The molecule has 150 valence electrons. The van der Waals surface area contributed by atoms with Crippen LogP contribution in [0.1, 0.15) is 30.8 Å². The van der Waals surface area contributed by atoms with Gasteiger partial charge in [-0.05, 0) is 44.0 Å². The third-order valence-corrected chi connectivity index (χ3v) is 4.94. The van der Waals surface area contributed by atoms with Gasteiger partial charge in [0.1, 0.15) is 11.6 Å². The first kappa shape index (κ1) is 19.1. The molecule has 3 aromatic heterocycles. The molecule has 0 spiro atoms. The van der Waals surface area contributed by atoms with Gasteiger partial charge in [-0.15, -0.1) is 0 Å². The van der Waals surface area contributed by atoms with E-state index < -0.39 is 0 Å². The third-order valence-electron chi connectivity index (χ3n) is 4.94. The third kappa shape index (κ3) is 4.45. The molecule has 2 atom stereocenters. The molecule has 0 amide bonds. The van der Waals surface area contributed by atoms with Crippen LogP contribution in [0.25, 0.3) is 11.1 Å². The number of nitrogens with zero attached hydrogens (tertiary/aromatic N) is 4. The predicted molar refractivity (Wildman–Crippen MR) is 108 cm³/mol. The molecule has 0 aromatic carbocycles. The van der Waals surface area contributed by atoms with Crippen molar-refractivity contribution in [2.75, 3.05) is 20.3 Å². The SMILES string of the molecule is CCOc1cc(-c2cnc(C)nc2OCC2CC2c2ccc(OC)cn2)ccn1. The summed E-state index contributed by atoms with van der Waals surface area (Å²) in [5, 5.41) is 0. The summed E-state index contributed by atoms with van der Waals surface area (Å²) in [5.74, 6) is 3.44. The Bertz CT molecular complexity index is 978. The molecule has 2 unspecified atom stereocenters. The quantitative estimate of drug-likeness (QED) is 0.576. The van der Waals surface area contributed by atoms with Crippen LogP contribution >= 0.6 is 0 Å². The highest BCUT2D eigenvalue weighted by molar-refractivity contribution is 5.68. The molecule has 29 heavy (non-hydrogen) atoms. The summed E-state index contributed by atoms with van der Waals surface area (Å²) in [6.45, 7) is 4.94. The van der Waals surface area contributed by atoms with Gasteiger partial charge in [-0.25, -0.2) is 9.97 Å². The zero-order valence-corrected chi connectivity index (χ0v) is 16.8. The van der Waals surface area contributed by atoms with Crippen LogP contribution in [-0.4, -0.2) is 40.3 Å². The van der Waals surface area contributed by atoms with Gasteiger partial charge < -0.3 is 14.2 Å². The Labute approximate surface area is 170 Å². The molecule has 1 fully saturated rings. The highest BCUT2D eigenvalue weighted by atomic mass is 16.5. The fraction of sp³-hybridized carbons (Fsp3) is 0.364. The van der Waals surface area contributed by atoms with E-state index in [0.29, 0.717) is 42.6 Å². The first-order valence-electron chi connectivity index (χ1n) is 9.73. The maximum Gasteiger partial charge on any atom is 0.224 e. The van der Waals surface area contributed by atoms with Crippen molar-refractivity contribution in [3.63, 3.8) is 0 Å². The molecule has 7 heteroatoms. The second-order valence-electron chi connectivity index (χ2n) is 6.99. The van der Waals surface area contributed by atoms with E-state index in [-0.39, 0.29) is 0 Å². The highest BCUT2D eigenvalue weighted by Gasteiger charge is 2.40. The van der Waals surface area contributed by atoms with Gasteiger partial charge in [0.05, 0.1) is 32.1 Å². The summed E-state index contributed by atoms with van der Waals surface area (Å²) < 4.78 is 16.8. The van der Waals surface area contributed by atoms with Gasteiger partial charge in [0, 0.05) is 36.0 Å². The van der Waals surface area contributed by atoms with Crippen molar-refractivity contribution in [2.45, 2.75) is 26.2 Å². The number of aryl methyl sites for hydroxylation is 1. The van der Waals surface area contributed by atoms with Crippen LogP contribution in [0.15, 0.2) is 42.9 Å². The van der Waals surface area contributed by atoms with Crippen molar-refractivity contribution >= 4 is 0 Å². The fourth-order valence-corrected chi connectivity index (χ4v) is 3.27. The number of ether oxygens (including phenoxy) is 3. The molecular formula is C22H24N4O3. The topological polar surface area (TPSA) is 79.3 Å². The van der Waals surface area contributed by atoms with Crippen LogP contribution in [0.3, 0.4) is 0 Å². The lowest BCUT2D eigenvalue weighted by atomic mass is 10.1. The zero-order chi connectivity index (χ0) is 20.2. The van der Waals surface area contributed by atoms with E-state index in [2.05, 4.69) is 19.9 Å². The molecule has 0 radical (unpaired) electrons. The Balaban J connectivity index is 1.46.